The van der Waals surface area contributed by atoms with Gasteiger partial charge in [0.05, 0.1) is 26.9 Å². The lowest BCUT2D eigenvalue weighted by molar-refractivity contribution is 0.268. The lowest BCUT2D eigenvalue weighted by Gasteiger charge is -2.16. The van der Waals surface area contributed by atoms with E-state index in [-0.39, 0.29) is 6.61 Å². The van der Waals surface area contributed by atoms with Gasteiger partial charge in [0.2, 0.25) is 0 Å². The maximum Gasteiger partial charge on any atom is 0.127 e. The van der Waals surface area contributed by atoms with Crippen LogP contribution in [-0.4, -0.2) is 25.9 Å². The lowest BCUT2D eigenvalue weighted by atomic mass is 9.98. The number of rotatable bonds is 4. The molecule has 0 unspecified atom stereocenters. The fraction of sp³-hybridized carbons (Fsp3) is 0.286. The monoisotopic (exact) mass is 247 g/mol. The van der Waals surface area contributed by atoms with Crippen molar-refractivity contribution < 1.29 is 14.6 Å². The summed E-state index contributed by atoms with van der Waals surface area (Å²) < 4.78 is 10.7. The van der Waals surface area contributed by atoms with Gasteiger partial charge in [-0.2, -0.15) is 0 Å². The second-order valence-electron chi connectivity index (χ2n) is 4.03. The smallest absolute Gasteiger partial charge is 0.127 e. The maximum atomic E-state index is 9.24. The third-order valence-electron chi connectivity index (χ3n) is 3.03. The molecule has 1 atom stereocenters. The first kappa shape index (κ1) is 12.7. The first-order valence-electron chi connectivity index (χ1n) is 5.73. The Bertz CT molecular complexity index is 554. The van der Waals surface area contributed by atoms with E-state index in [0.29, 0.717) is 0 Å². The van der Waals surface area contributed by atoms with E-state index in [9.17, 15) is 5.11 Å². The summed E-state index contributed by atoms with van der Waals surface area (Å²) in [6.45, 7) is -0.112. The van der Waals surface area contributed by atoms with E-state index in [1.54, 1.807) is 14.2 Å². The van der Waals surface area contributed by atoms with E-state index in [1.165, 1.54) is 0 Å². The molecular formula is C14H17NO3. The molecule has 0 spiro atoms. The predicted octanol–water partition coefficient (Wildman–Crippen LogP) is 1.85. The third-order valence-corrected chi connectivity index (χ3v) is 3.03. The van der Waals surface area contributed by atoms with Crippen LogP contribution in [0.25, 0.3) is 10.8 Å². The Hall–Kier alpha value is -1.78. The molecule has 0 aliphatic heterocycles. The van der Waals surface area contributed by atoms with Crippen molar-refractivity contribution in [2.75, 3.05) is 20.8 Å². The minimum atomic E-state index is -0.435. The van der Waals surface area contributed by atoms with Crippen molar-refractivity contribution in [1.82, 2.24) is 0 Å². The Morgan fingerprint density at radius 3 is 2.44 bits per heavy atom. The molecule has 96 valence electrons. The highest BCUT2D eigenvalue weighted by Crippen LogP contribution is 2.36. The topological polar surface area (TPSA) is 64.7 Å². The summed E-state index contributed by atoms with van der Waals surface area (Å²) >= 11 is 0. The van der Waals surface area contributed by atoms with E-state index in [4.69, 9.17) is 15.2 Å². The summed E-state index contributed by atoms with van der Waals surface area (Å²) in [5.74, 6) is 1.49. The Kier molecular flexibility index (Phi) is 3.69. The first-order valence-corrected chi connectivity index (χ1v) is 5.73. The quantitative estimate of drug-likeness (QED) is 0.865. The molecule has 18 heavy (non-hydrogen) atoms. The van der Waals surface area contributed by atoms with Gasteiger partial charge in [-0.15, -0.1) is 0 Å². The molecule has 2 rings (SSSR count). The zero-order valence-corrected chi connectivity index (χ0v) is 10.5. The van der Waals surface area contributed by atoms with Crippen molar-refractivity contribution in [2.24, 2.45) is 5.73 Å². The molecule has 0 fully saturated rings. The van der Waals surface area contributed by atoms with E-state index in [2.05, 4.69) is 0 Å². The lowest BCUT2D eigenvalue weighted by Crippen LogP contribution is -2.15. The van der Waals surface area contributed by atoms with Crippen LogP contribution in [0.15, 0.2) is 30.3 Å². The van der Waals surface area contributed by atoms with Crippen LogP contribution in [0.3, 0.4) is 0 Å². The van der Waals surface area contributed by atoms with Gasteiger partial charge in [0.25, 0.3) is 0 Å². The summed E-state index contributed by atoms with van der Waals surface area (Å²) in [5.41, 5.74) is 6.78. The number of aliphatic hydroxyl groups excluding tert-OH is 1. The van der Waals surface area contributed by atoms with Gasteiger partial charge in [-0.3, -0.25) is 0 Å². The number of hydrogen-bond donors (Lipinski definition) is 2. The SMILES string of the molecule is COc1ccc([C@@H](N)CO)c2c(OC)cccc12. The fourth-order valence-electron chi connectivity index (χ4n) is 2.13. The number of aliphatic hydroxyl groups is 1. The molecule has 2 aromatic carbocycles. The van der Waals surface area contributed by atoms with E-state index < -0.39 is 6.04 Å². The molecule has 0 saturated heterocycles. The highest BCUT2D eigenvalue weighted by molar-refractivity contribution is 5.96. The van der Waals surface area contributed by atoms with Crippen LogP contribution < -0.4 is 15.2 Å². The minimum Gasteiger partial charge on any atom is -0.496 e. The standard InChI is InChI=1S/C14H17NO3/c1-17-12-7-6-9(11(15)8-16)14-10(12)4-3-5-13(14)18-2/h3-7,11,16H,8,15H2,1-2H3/t11-/m0/s1. The molecule has 2 aromatic rings. The van der Waals surface area contributed by atoms with Crippen LogP contribution >= 0.6 is 0 Å². The highest BCUT2D eigenvalue weighted by atomic mass is 16.5. The van der Waals surface area contributed by atoms with Gasteiger partial charge in [0.15, 0.2) is 0 Å². The van der Waals surface area contributed by atoms with Gasteiger partial charge in [0, 0.05) is 10.8 Å². The first-order chi connectivity index (χ1) is 8.72. The van der Waals surface area contributed by atoms with Crippen molar-refractivity contribution in [1.29, 1.82) is 0 Å². The molecule has 0 aliphatic carbocycles. The molecule has 0 heterocycles. The molecule has 0 aromatic heterocycles. The third kappa shape index (κ3) is 2.00. The van der Waals surface area contributed by atoms with Crippen molar-refractivity contribution in [3.63, 3.8) is 0 Å². The average Bonchev–Trinajstić information content (AvgIpc) is 2.44. The van der Waals surface area contributed by atoms with Crippen LogP contribution in [0.4, 0.5) is 0 Å². The van der Waals surface area contributed by atoms with Gasteiger partial charge in [0.1, 0.15) is 11.5 Å². The molecule has 0 aliphatic rings. The number of fused-ring (bicyclic) bond motifs is 1. The number of hydrogen-bond acceptors (Lipinski definition) is 4. The van der Waals surface area contributed by atoms with Gasteiger partial charge in [-0.25, -0.2) is 0 Å². The molecule has 3 N–H and O–H groups in total. The van der Waals surface area contributed by atoms with Crippen molar-refractivity contribution in [3.8, 4) is 11.5 Å². The minimum absolute atomic E-state index is 0.112. The number of ether oxygens (including phenoxy) is 2. The molecule has 0 saturated carbocycles. The van der Waals surface area contributed by atoms with Crippen LogP contribution in [0.2, 0.25) is 0 Å². The molecule has 0 radical (unpaired) electrons. The van der Waals surface area contributed by atoms with Crippen molar-refractivity contribution in [2.45, 2.75) is 6.04 Å². The second kappa shape index (κ2) is 5.25. The summed E-state index contributed by atoms with van der Waals surface area (Å²) in [6.07, 6.45) is 0. The van der Waals surface area contributed by atoms with Crippen molar-refractivity contribution in [3.05, 3.63) is 35.9 Å². The molecule has 0 amide bonds. The van der Waals surface area contributed by atoms with E-state index in [0.717, 1.165) is 27.8 Å². The summed E-state index contributed by atoms with van der Waals surface area (Å²) in [4.78, 5) is 0. The van der Waals surface area contributed by atoms with Crippen LogP contribution in [0.1, 0.15) is 11.6 Å². The van der Waals surface area contributed by atoms with Gasteiger partial charge < -0.3 is 20.3 Å². The predicted molar refractivity (Wildman–Crippen MR) is 71.1 cm³/mol. The summed E-state index contributed by atoms with van der Waals surface area (Å²) in [5, 5.41) is 11.1. The van der Waals surface area contributed by atoms with Gasteiger partial charge >= 0.3 is 0 Å². The van der Waals surface area contributed by atoms with Gasteiger partial charge in [-0.05, 0) is 17.7 Å². The Balaban J connectivity index is 2.80. The van der Waals surface area contributed by atoms with E-state index in [1.807, 2.05) is 30.3 Å². The number of nitrogens with two attached hydrogens (primary N) is 1. The van der Waals surface area contributed by atoms with Gasteiger partial charge in [-0.1, -0.05) is 18.2 Å². The van der Waals surface area contributed by atoms with Crippen molar-refractivity contribution >= 4 is 10.8 Å². The van der Waals surface area contributed by atoms with E-state index >= 15 is 0 Å². The summed E-state index contributed by atoms with van der Waals surface area (Å²) in [7, 11) is 3.24. The second-order valence-corrected chi connectivity index (χ2v) is 4.03. The Morgan fingerprint density at radius 2 is 1.83 bits per heavy atom. The number of methoxy groups -OCH3 is 2. The molecular weight excluding hydrogens is 230 g/mol. The zero-order valence-electron chi connectivity index (χ0n) is 10.5. The largest absolute Gasteiger partial charge is 0.496 e. The highest BCUT2D eigenvalue weighted by Gasteiger charge is 2.15. The molecule has 4 heteroatoms. The Morgan fingerprint density at radius 1 is 1.11 bits per heavy atom. The maximum absolute atomic E-state index is 9.24. The average molecular weight is 247 g/mol. The fourth-order valence-corrected chi connectivity index (χ4v) is 2.13. The normalized spacial score (nSPS) is 12.4. The van der Waals surface area contributed by atoms with Crippen LogP contribution in [0.5, 0.6) is 11.5 Å². The van der Waals surface area contributed by atoms with Crippen LogP contribution in [0, 0.1) is 0 Å². The number of benzene rings is 2. The summed E-state index contributed by atoms with van der Waals surface area (Å²) in [6, 6.07) is 9.00. The Labute approximate surface area is 106 Å². The molecule has 0 bridgehead atoms. The molecule has 4 nitrogen and oxygen atoms in total. The van der Waals surface area contributed by atoms with Crippen LogP contribution in [-0.2, 0) is 0 Å². The zero-order chi connectivity index (χ0) is 13.1.